The molecule has 8 heteroatoms. The molecule has 5 rings (SSSR count). The fourth-order valence-corrected chi connectivity index (χ4v) is 4.77. The first-order chi connectivity index (χ1) is 15.7. The molecule has 1 atom stereocenters. The normalized spacial score (nSPS) is 19.3. The van der Waals surface area contributed by atoms with Crippen molar-refractivity contribution in [3.8, 4) is 5.69 Å². The van der Waals surface area contributed by atoms with E-state index in [9.17, 15) is 14.4 Å². The van der Waals surface area contributed by atoms with Gasteiger partial charge >= 0.3 is 0 Å². The van der Waals surface area contributed by atoms with Gasteiger partial charge in [-0.2, -0.15) is 5.10 Å². The molecule has 1 spiro atoms. The van der Waals surface area contributed by atoms with Gasteiger partial charge in [0.15, 0.2) is 0 Å². The van der Waals surface area contributed by atoms with E-state index in [-0.39, 0.29) is 30.7 Å². The fraction of sp³-hybridized carbons (Fsp3) is 0.280. The lowest BCUT2D eigenvalue weighted by Gasteiger charge is -2.32. The van der Waals surface area contributed by atoms with Crippen molar-refractivity contribution in [2.75, 3.05) is 16.8 Å². The van der Waals surface area contributed by atoms with E-state index in [2.05, 4.69) is 15.7 Å². The van der Waals surface area contributed by atoms with Gasteiger partial charge in [-0.3, -0.25) is 14.4 Å². The highest BCUT2D eigenvalue weighted by Gasteiger charge is 2.57. The van der Waals surface area contributed by atoms with Crippen LogP contribution in [0.2, 0.25) is 0 Å². The van der Waals surface area contributed by atoms with Crippen molar-refractivity contribution in [3.05, 3.63) is 71.9 Å². The summed E-state index contributed by atoms with van der Waals surface area (Å²) in [6.45, 7) is 5.55. The number of carbonyl (C=O) groups excluding carboxylic acids is 3. The minimum atomic E-state index is -1.23. The number of nitrogens with one attached hydrogen (secondary N) is 2. The van der Waals surface area contributed by atoms with Gasteiger partial charge in [0.1, 0.15) is 17.8 Å². The third-order valence-corrected chi connectivity index (χ3v) is 5.99. The quantitative estimate of drug-likeness (QED) is 0.651. The van der Waals surface area contributed by atoms with Gasteiger partial charge in [0.2, 0.25) is 17.7 Å². The number of anilines is 2. The lowest BCUT2D eigenvalue weighted by Crippen LogP contribution is -2.50. The summed E-state index contributed by atoms with van der Waals surface area (Å²) in [5.74, 6) is -0.356. The topological polar surface area (TPSA) is 96.3 Å². The van der Waals surface area contributed by atoms with Crippen LogP contribution in [0.1, 0.15) is 38.3 Å². The summed E-state index contributed by atoms with van der Waals surface area (Å²) in [6.07, 6.45) is 1.60. The van der Waals surface area contributed by atoms with Crippen LogP contribution >= 0.6 is 0 Å². The molecule has 3 amide bonds. The number of amides is 3. The number of benzene rings is 2. The second kappa shape index (κ2) is 7.30. The predicted octanol–water partition coefficient (Wildman–Crippen LogP) is 2.76. The Morgan fingerprint density at radius 1 is 1.06 bits per heavy atom. The average molecular weight is 444 g/mol. The summed E-state index contributed by atoms with van der Waals surface area (Å²) >= 11 is 0. The molecule has 0 aliphatic carbocycles. The molecule has 2 aromatic carbocycles. The average Bonchev–Trinajstić information content (AvgIpc) is 3.28. The van der Waals surface area contributed by atoms with Crippen LogP contribution in [0.15, 0.2) is 60.8 Å². The van der Waals surface area contributed by atoms with Crippen LogP contribution in [0, 0.1) is 0 Å². The van der Waals surface area contributed by atoms with Crippen molar-refractivity contribution in [1.29, 1.82) is 0 Å². The largest absolute Gasteiger partial charge is 0.350 e. The van der Waals surface area contributed by atoms with E-state index in [4.69, 9.17) is 0 Å². The first-order valence-electron chi connectivity index (χ1n) is 10.9. The monoisotopic (exact) mass is 443 g/mol. The Kier molecular flexibility index (Phi) is 4.63. The number of hydrogen-bond donors (Lipinski definition) is 2. The predicted molar refractivity (Wildman–Crippen MR) is 124 cm³/mol. The Morgan fingerprint density at radius 2 is 1.76 bits per heavy atom. The molecule has 0 saturated carbocycles. The molecule has 0 fully saturated rings. The standard InChI is InChI=1S/C25H25N5O3/c1-24(2,3)28-21(32)15-29-19-12-8-7-11-17(19)25(23(29)33)13-20(31)27-22-18(25)14-26-30(22)16-9-5-4-6-10-16/h4-12,14H,13,15H2,1-3H3,(H,27,31)(H,28,32)/t25-/m0/s1. The van der Waals surface area contributed by atoms with Crippen LogP contribution in [0.5, 0.6) is 0 Å². The number of nitrogens with zero attached hydrogens (tertiary/aromatic N) is 3. The van der Waals surface area contributed by atoms with Gasteiger partial charge in [0, 0.05) is 23.2 Å². The van der Waals surface area contributed by atoms with Crippen molar-refractivity contribution in [1.82, 2.24) is 15.1 Å². The Balaban J connectivity index is 1.64. The lowest BCUT2D eigenvalue weighted by molar-refractivity contribution is -0.128. The molecule has 0 unspecified atom stereocenters. The third-order valence-electron chi connectivity index (χ3n) is 5.99. The zero-order valence-electron chi connectivity index (χ0n) is 18.8. The number of fused-ring (bicyclic) bond motifs is 4. The minimum absolute atomic E-state index is 0.0479. The van der Waals surface area contributed by atoms with E-state index in [1.54, 1.807) is 10.9 Å². The van der Waals surface area contributed by atoms with E-state index in [1.165, 1.54) is 4.90 Å². The molecule has 8 nitrogen and oxygen atoms in total. The smallest absolute Gasteiger partial charge is 0.243 e. The van der Waals surface area contributed by atoms with Crippen molar-refractivity contribution in [2.24, 2.45) is 0 Å². The van der Waals surface area contributed by atoms with Crippen molar-refractivity contribution in [3.63, 3.8) is 0 Å². The van der Waals surface area contributed by atoms with E-state index in [0.717, 1.165) is 5.69 Å². The third kappa shape index (κ3) is 3.29. The summed E-state index contributed by atoms with van der Waals surface area (Å²) in [5.41, 5.74) is 1.09. The van der Waals surface area contributed by atoms with E-state index >= 15 is 0 Å². The zero-order valence-corrected chi connectivity index (χ0v) is 18.8. The summed E-state index contributed by atoms with van der Waals surface area (Å²) < 4.78 is 1.64. The molecule has 3 aromatic rings. The Hall–Kier alpha value is -3.94. The SMILES string of the molecule is CC(C)(C)NC(=O)CN1C(=O)[C@@]2(CC(=O)Nc3c2cnn3-c2ccccc2)c2ccccc21. The zero-order chi connectivity index (χ0) is 23.4. The molecule has 2 aliphatic heterocycles. The van der Waals surface area contributed by atoms with Crippen LogP contribution in [-0.2, 0) is 19.8 Å². The fourth-order valence-electron chi connectivity index (χ4n) is 4.77. The molecule has 2 aliphatic rings. The second-order valence-electron chi connectivity index (χ2n) is 9.49. The summed E-state index contributed by atoms with van der Waals surface area (Å²) in [5, 5.41) is 10.3. The van der Waals surface area contributed by atoms with E-state index < -0.39 is 11.0 Å². The van der Waals surface area contributed by atoms with Crippen molar-refractivity contribution in [2.45, 2.75) is 38.1 Å². The molecule has 1 aromatic heterocycles. The number of hydrogen-bond acceptors (Lipinski definition) is 4. The summed E-state index contributed by atoms with van der Waals surface area (Å²) in [4.78, 5) is 41.2. The molecular weight excluding hydrogens is 418 g/mol. The maximum absolute atomic E-state index is 14.0. The van der Waals surface area contributed by atoms with Gasteiger partial charge in [-0.05, 0) is 44.5 Å². The molecule has 168 valence electrons. The summed E-state index contributed by atoms with van der Waals surface area (Å²) in [7, 11) is 0. The molecule has 0 bridgehead atoms. The van der Waals surface area contributed by atoms with Crippen LogP contribution < -0.4 is 15.5 Å². The number of rotatable bonds is 3. The van der Waals surface area contributed by atoms with Gasteiger partial charge in [0.05, 0.1) is 11.9 Å². The minimum Gasteiger partial charge on any atom is -0.350 e. The Bertz CT molecular complexity index is 1270. The van der Waals surface area contributed by atoms with Gasteiger partial charge in [-0.25, -0.2) is 4.68 Å². The van der Waals surface area contributed by atoms with Gasteiger partial charge in [-0.1, -0.05) is 36.4 Å². The van der Waals surface area contributed by atoms with Crippen LogP contribution in [-0.4, -0.2) is 39.6 Å². The Morgan fingerprint density at radius 3 is 2.48 bits per heavy atom. The molecule has 2 N–H and O–H groups in total. The van der Waals surface area contributed by atoms with Gasteiger partial charge < -0.3 is 15.5 Å². The van der Waals surface area contributed by atoms with Crippen LogP contribution in [0.3, 0.4) is 0 Å². The van der Waals surface area contributed by atoms with Crippen LogP contribution in [0.25, 0.3) is 5.69 Å². The first kappa shape index (κ1) is 20.9. The summed E-state index contributed by atoms with van der Waals surface area (Å²) in [6, 6.07) is 16.8. The number of para-hydroxylation sites is 2. The molecule has 0 saturated heterocycles. The lowest BCUT2D eigenvalue weighted by atomic mass is 9.72. The van der Waals surface area contributed by atoms with Crippen molar-refractivity contribution >= 4 is 29.2 Å². The van der Waals surface area contributed by atoms with E-state index in [1.807, 2.05) is 75.4 Å². The van der Waals surface area contributed by atoms with Gasteiger partial charge in [0.25, 0.3) is 0 Å². The highest BCUT2D eigenvalue weighted by molar-refractivity contribution is 6.17. The van der Waals surface area contributed by atoms with Gasteiger partial charge in [-0.15, -0.1) is 0 Å². The first-order valence-corrected chi connectivity index (χ1v) is 10.9. The second-order valence-corrected chi connectivity index (χ2v) is 9.49. The highest BCUT2D eigenvalue weighted by Crippen LogP contribution is 2.52. The number of aromatic nitrogens is 2. The Labute approximate surface area is 191 Å². The molecular formula is C25H25N5O3. The van der Waals surface area contributed by atoms with Crippen LogP contribution in [0.4, 0.5) is 11.5 Å². The maximum Gasteiger partial charge on any atom is 0.243 e. The molecule has 3 heterocycles. The van der Waals surface area contributed by atoms with E-state index in [0.29, 0.717) is 22.6 Å². The van der Waals surface area contributed by atoms with Crippen molar-refractivity contribution < 1.29 is 14.4 Å². The molecule has 33 heavy (non-hydrogen) atoms. The number of carbonyl (C=O) groups is 3. The molecule has 0 radical (unpaired) electrons. The maximum atomic E-state index is 14.0. The highest BCUT2D eigenvalue weighted by atomic mass is 16.2.